The summed E-state index contributed by atoms with van der Waals surface area (Å²) in [5, 5.41) is 0. The lowest BCUT2D eigenvalue weighted by Crippen LogP contribution is -1.42. The normalized spacial score (nSPS) is 2.76. The molecular weight excluding hydrogens is 252 g/mol. The Morgan fingerprint density at radius 3 is 0.810 bits per heavy atom. The molecule has 0 aliphatic heterocycles. The molecule has 0 rings (SSSR count). The largest absolute Gasteiger partial charge is 0.124 e. The molecule has 21 heavy (non-hydrogen) atoms. The standard InChI is InChI=1S/C6H2.C5H4.C4H6.C3H4.C2H2.CH4/c1-3-5-6-4-2;1-3-5-4-2;1-3-4-2;1-3-2;1-2;/h1-2H;1H,2H3;1-2H3;1H,2H3;1-2H;1H4. The Morgan fingerprint density at radius 1 is 0.524 bits per heavy atom. The Balaban J connectivity index is -0.0000000346. The van der Waals surface area contributed by atoms with E-state index in [1.165, 1.54) is 0 Å². The molecule has 0 fully saturated rings. The van der Waals surface area contributed by atoms with Gasteiger partial charge in [-0.2, -0.15) is 0 Å². The molecule has 0 aromatic carbocycles. The van der Waals surface area contributed by atoms with E-state index in [1.807, 2.05) is 13.8 Å². The molecule has 0 aliphatic carbocycles. The Bertz CT molecular complexity index is 512. The van der Waals surface area contributed by atoms with Gasteiger partial charge in [-0.3, -0.25) is 0 Å². The zero-order valence-electron chi connectivity index (χ0n) is 12.5. The van der Waals surface area contributed by atoms with Crippen LogP contribution < -0.4 is 0 Å². The number of rotatable bonds is 0. The van der Waals surface area contributed by atoms with Crippen LogP contribution in [0.15, 0.2) is 0 Å². The van der Waals surface area contributed by atoms with Crippen LogP contribution in [0, 0.1) is 97.7 Å². The van der Waals surface area contributed by atoms with Gasteiger partial charge in [0.25, 0.3) is 0 Å². The van der Waals surface area contributed by atoms with Gasteiger partial charge in [-0.25, -0.2) is 0 Å². The second-order valence-electron chi connectivity index (χ2n) is 1.85. The topological polar surface area (TPSA) is 0 Å². The van der Waals surface area contributed by atoms with Crippen LogP contribution in [-0.2, 0) is 0 Å². The van der Waals surface area contributed by atoms with E-state index in [0.29, 0.717) is 0 Å². The lowest BCUT2D eigenvalue weighted by molar-refractivity contribution is 1.83. The molecule has 0 atom stereocenters. The third kappa shape index (κ3) is 562. The first kappa shape index (κ1) is 36.0. The van der Waals surface area contributed by atoms with Crippen molar-refractivity contribution in [2.75, 3.05) is 0 Å². The fourth-order valence-electron chi connectivity index (χ4n) is 0.144. The summed E-state index contributed by atoms with van der Waals surface area (Å²) in [6.07, 6.45) is 26.7. The SMILES string of the molecule is C.C#C.C#CC.C#CC#CC.C#CC#CC#C.CC#CC. The molecule has 0 heterocycles. The predicted octanol–water partition coefficient (Wildman–Crippen LogP) is 3.45. The van der Waals surface area contributed by atoms with Crippen LogP contribution in [0.2, 0.25) is 0 Å². The average Bonchev–Trinajstić information content (AvgIpc) is 2.49. The summed E-state index contributed by atoms with van der Waals surface area (Å²) in [7, 11) is 0. The van der Waals surface area contributed by atoms with Crippen molar-refractivity contribution in [2.24, 2.45) is 0 Å². The van der Waals surface area contributed by atoms with E-state index in [0.717, 1.165) is 0 Å². The van der Waals surface area contributed by atoms with Crippen molar-refractivity contribution >= 4 is 0 Å². The second kappa shape index (κ2) is 94.0. The maximum absolute atomic E-state index is 4.72. The van der Waals surface area contributed by atoms with Crippen LogP contribution in [0.4, 0.5) is 0 Å². The van der Waals surface area contributed by atoms with Crippen LogP contribution in [0.1, 0.15) is 35.1 Å². The highest BCUT2D eigenvalue weighted by Gasteiger charge is 1.41. The van der Waals surface area contributed by atoms with E-state index >= 15 is 0 Å². The maximum atomic E-state index is 4.72. The van der Waals surface area contributed by atoms with Gasteiger partial charge in [-0.15, -0.1) is 56.3 Å². The molecule has 0 amide bonds. The summed E-state index contributed by atoms with van der Waals surface area (Å²) >= 11 is 0. The van der Waals surface area contributed by atoms with Crippen molar-refractivity contribution in [2.45, 2.75) is 35.1 Å². The minimum Gasteiger partial charge on any atom is -0.124 e. The first-order chi connectivity index (χ1) is 9.66. The lowest BCUT2D eigenvalue weighted by atomic mass is 10.6. The average molecular weight is 274 g/mol. The number of terminal acetylenes is 5. The highest BCUT2D eigenvalue weighted by molar-refractivity contribution is 5.31. The Kier molecular flexibility index (Phi) is 161. The van der Waals surface area contributed by atoms with Crippen molar-refractivity contribution in [3.05, 3.63) is 0 Å². The molecule has 0 nitrogen and oxygen atoms in total. The zero-order chi connectivity index (χ0) is 17.1. The summed E-state index contributed by atoms with van der Waals surface area (Å²) in [6.45, 7) is 7.00. The minimum atomic E-state index is 0. The number of hydrogen-bond acceptors (Lipinski definition) is 0. The molecule has 0 unspecified atom stereocenters. The van der Waals surface area contributed by atoms with Crippen molar-refractivity contribution < 1.29 is 0 Å². The second-order valence-corrected chi connectivity index (χ2v) is 1.85. The summed E-state index contributed by atoms with van der Waals surface area (Å²) in [4.78, 5) is 0. The molecule has 0 saturated carbocycles. The molecule has 0 heteroatoms. The summed E-state index contributed by atoms with van der Waals surface area (Å²) in [5.41, 5.74) is 0. The van der Waals surface area contributed by atoms with Gasteiger partial charge in [0.05, 0.1) is 0 Å². The van der Waals surface area contributed by atoms with Gasteiger partial charge in [0, 0.05) is 0 Å². The smallest absolute Gasteiger partial charge is 0.00134 e. The predicted molar refractivity (Wildman–Crippen MR) is 98.0 cm³/mol. The molecule has 0 aromatic heterocycles. The van der Waals surface area contributed by atoms with E-state index in [1.54, 1.807) is 13.8 Å². The molecule has 0 aliphatic rings. The quantitative estimate of drug-likeness (QED) is 0.594. The summed E-state index contributed by atoms with van der Waals surface area (Å²) in [6, 6.07) is 0. The van der Waals surface area contributed by atoms with Crippen molar-refractivity contribution in [1.29, 1.82) is 0 Å². The van der Waals surface area contributed by atoms with Gasteiger partial charge in [-0.05, 0) is 63.2 Å². The van der Waals surface area contributed by atoms with Crippen molar-refractivity contribution in [1.82, 2.24) is 0 Å². The summed E-state index contributed by atoms with van der Waals surface area (Å²) < 4.78 is 0. The van der Waals surface area contributed by atoms with E-state index in [9.17, 15) is 0 Å². The van der Waals surface area contributed by atoms with Gasteiger partial charge in [0.15, 0.2) is 0 Å². The minimum absolute atomic E-state index is 0. The Hall–Kier alpha value is -3.52. The molecule has 0 bridgehead atoms. The first-order valence-electron chi connectivity index (χ1n) is 4.99. The Morgan fingerprint density at radius 2 is 0.762 bits per heavy atom. The van der Waals surface area contributed by atoms with E-state index in [-0.39, 0.29) is 7.43 Å². The molecule has 0 radical (unpaired) electrons. The number of hydrogen-bond donors (Lipinski definition) is 0. The van der Waals surface area contributed by atoms with Crippen molar-refractivity contribution in [3.8, 4) is 97.7 Å². The maximum Gasteiger partial charge on any atom is -0.00134 e. The molecule has 0 spiro atoms. The highest BCUT2D eigenvalue weighted by Crippen LogP contribution is 1.43. The van der Waals surface area contributed by atoms with Crippen molar-refractivity contribution in [3.63, 3.8) is 0 Å². The monoisotopic (exact) mass is 274 g/mol. The fraction of sp³-hybridized carbons (Fsp3) is 0.238. The molecule has 106 valence electrons. The van der Waals surface area contributed by atoms with Crippen LogP contribution in [0.5, 0.6) is 0 Å². The van der Waals surface area contributed by atoms with Gasteiger partial charge in [0.2, 0.25) is 0 Å². The van der Waals surface area contributed by atoms with E-state index in [4.69, 9.17) is 19.3 Å². The highest BCUT2D eigenvalue weighted by atomic mass is 13.4. The molecule has 0 saturated heterocycles. The van der Waals surface area contributed by atoms with Crippen LogP contribution >= 0.6 is 0 Å². The lowest BCUT2D eigenvalue weighted by Gasteiger charge is -1.43. The van der Waals surface area contributed by atoms with E-state index in [2.05, 4.69) is 78.5 Å². The van der Waals surface area contributed by atoms with Gasteiger partial charge < -0.3 is 0 Å². The van der Waals surface area contributed by atoms with Gasteiger partial charge in [-0.1, -0.05) is 13.3 Å². The Labute approximate surface area is 133 Å². The van der Waals surface area contributed by atoms with Crippen LogP contribution in [0.3, 0.4) is 0 Å². The third-order valence-electron chi connectivity index (χ3n) is 0.654. The van der Waals surface area contributed by atoms with Crippen LogP contribution in [0.25, 0.3) is 0 Å². The third-order valence-corrected chi connectivity index (χ3v) is 0.654. The first-order valence-corrected chi connectivity index (χ1v) is 4.99. The summed E-state index contributed by atoms with van der Waals surface area (Å²) in [5.74, 6) is 23.3. The molecule has 0 aromatic rings. The fourth-order valence-corrected chi connectivity index (χ4v) is 0.144. The van der Waals surface area contributed by atoms with Gasteiger partial charge in [0.1, 0.15) is 0 Å². The van der Waals surface area contributed by atoms with E-state index < -0.39 is 0 Å². The van der Waals surface area contributed by atoms with Crippen LogP contribution in [-0.4, -0.2) is 0 Å². The molecule has 0 N–H and O–H groups in total. The van der Waals surface area contributed by atoms with Gasteiger partial charge >= 0.3 is 0 Å². The zero-order valence-corrected chi connectivity index (χ0v) is 12.5. The molecular formula is C21H22.